The molecular weight excluding hydrogens is 1270 g/mol. The molecule has 1 atom stereocenters. The van der Waals surface area contributed by atoms with Crippen molar-refractivity contribution in [2.24, 2.45) is 0 Å². The second-order valence-corrected chi connectivity index (χ2v) is 21.7. The lowest BCUT2D eigenvalue weighted by atomic mass is 10.1. The number of quaternary nitrogens is 1. The minimum absolute atomic E-state index is 0.0227. The molecule has 0 radical (unpaired) electrons. The van der Waals surface area contributed by atoms with E-state index in [0.717, 1.165) is 6.92 Å². The lowest BCUT2D eigenvalue weighted by Crippen LogP contribution is -3.06. The first kappa shape index (κ1) is 63.2. The van der Waals surface area contributed by atoms with Gasteiger partial charge in [-0.15, -0.1) is 0 Å². The van der Waals surface area contributed by atoms with Crippen LogP contribution >= 0.6 is 0 Å². The van der Waals surface area contributed by atoms with E-state index in [4.69, 9.17) is 0 Å². The molecule has 0 aliphatic carbocycles. The predicted octanol–water partition coefficient (Wildman–Crippen LogP) is 13.6. The number of halogens is 33. The summed E-state index contributed by atoms with van der Waals surface area (Å²) >= 11 is -10.2. The number of benzene rings is 9. The highest BCUT2D eigenvalue weighted by Gasteiger charge is 2.55. The van der Waals surface area contributed by atoms with Crippen molar-refractivity contribution in [2.45, 2.75) is 13.8 Å². The van der Waals surface area contributed by atoms with Crippen molar-refractivity contribution >= 4 is 79.6 Å². The summed E-state index contributed by atoms with van der Waals surface area (Å²) in [6.07, 6.45) is 0. The van der Waals surface area contributed by atoms with Gasteiger partial charge in [-0.1, -0.05) is 0 Å². The third kappa shape index (κ3) is 8.35. The molecule has 0 amide bonds. The second kappa shape index (κ2) is 21.6. The van der Waals surface area contributed by atoms with E-state index in [1.807, 2.05) is 0 Å². The van der Waals surface area contributed by atoms with Crippen LogP contribution in [0.4, 0.5) is 151 Å². The van der Waals surface area contributed by atoms with E-state index in [1.54, 1.807) is 0 Å². The van der Waals surface area contributed by atoms with E-state index in [1.165, 1.54) is 6.92 Å². The molecule has 9 aromatic carbocycles. The van der Waals surface area contributed by atoms with Crippen molar-refractivity contribution in [3.63, 3.8) is 0 Å². The summed E-state index contributed by atoms with van der Waals surface area (Å²) in [5, 5.41) is -26.7. The zero-order valence-corrected chi connectivity index (χ0v) is 41.1. The summed E-state index contributed by atoms with van der Waals surface area (Å²) in [5.74, 6) is -110. The van der Waals surface area contributed by atoms with Crippen molar-refractivity contribution in [2.75, 3.05) is 13.3 Å². The second-order valence-electron chi connectivity index (χ2n) is 17.7. The fourth-order valence-corrected chi connectivity index (χ4v) is 16.6. The number of hydrogen-bond acceptors (Lipinski definition) is 0. The molecule has 0 saturated heterocycles. The average Bonchev–Trinajstić information content (AvgIpc) is 0.670. The van der Waals surface area contributed by atoms with Crippen molar-refractivity contribution in [1.29, 1.82) is 0 Å². The van der Waals surface area contributed by atoms with Crippen molar-refractivity contribution in [1.82, 2.24) is 0 Å². The van der Waals surface area contributed by atoms with Gasteiger partial charge in [0.25, 0.3) is 13.1 Å². The normalized spacial score (nSPS) is 12.5. The molecule has 0 aliphatic rings. The average molecular weight is 1280 g/mol. The van der Waals surface area contributed by atoms with E-state index in [9.17, 15) is 39.5 Å². The number of alkyl halides is 1. The van der Waals surface area contributed by atoms with Gasteiger partial charge >= 0.3 is 0 Å². The minimum atomic E-state index is -10.2. The van der Waals surface area contributed by atoms with Crippen molar-refractivity contribution in [3.05, 3.63) is 192 Å². The van der Waals surface area contributed by atoms with Crippen LogP contribution in [0.15, 0.2) is 0 Å². The molecule has 0 spiro atoms. The number of nitrogens with one attached hydrogen (secondary N) is 1. The monoisotopic (exact) mass is 1280 g/mol. The molecule has 0 aliphatic heterocycles. The molecule has 0 saturated carbocycles. The Morgan fingerprint density at radius 3 is 0.588 bits per heavy atom. The quantitative estimate of drug-likeness (QED) is 0.0533. The first-order valence-electron chi connectivity index (χ1n) is 22.1. The van der Waals surface area contributed by atoms with E-state index in [-0.39, 0.29) is 11.4 Å². The highest BCUT2D eigenvalue weighted by molar-refractivity contribution is 7.23. The fraction of sp³-hybridized carbons (Fsp3) is 0.0800. The largest absolute Gasteiger partial charge is 0.286 e. The van der Waals surface area contributed by atoms with Crippen LogP contribution in [0, 0.1) is 193 Å². The smallest absolute Gasteiger partial charge is 0.271 e. The van der Waals surface area contributed by atoms with Gasteiger partial charge in [0.15, 0.2) is 151 Å². The lowest BCUT2D eigenvalue weighted by molar-refractivity contribution is -0.847. The summed E-state index contributed by atoms with van der Waals surface area (Å²) in [5.41, 5.74) is -1.44. The third-order valence-corrected chi connectivity index (χ3v) is 19.3. The summed E-state index contributed by atoms with van der Waals surface area (Å²) in [6, 6.07) is 0. The van der Waals surface area contributed by atoms with Gasteiger partial charge in [-0.2, -0.15) is 30.9 Å². The minimum Gasteiger partial charge on any atom is -0.271 e. The molecule has 0 aromatic heterocycles. The van der Waals surface area contributed by atoms with Gasteiger partial charge in [0.1, 0.15) is 23.3 Å². The van der Waals surface area contributed by atoms with Crippen LogP contribution in [-0.2, 0) is 0 Å². The molecule has 35 heteroatoms. The first-order valence-corrected chi connectivity index (χ1v) is 24.4. The molecular formula is C50H11AlF33N. The molecule has 450 valence electrons. The first-order chi connectivity index (χ1) is 39.4. The van der Waals surface area contributed by atoms with Crippen LogP contribution in [0.2, 0.25) is 0 Å². The van der Waals surface area contributed by atoms with Crippen LogP contribution in [0.1, 0.15) is 12.5 Å². The van der Waals surface area contributed by atoms with Crippen LogP contribution in [0.3, 0.4) is 0 Å². The zero-order chi connectivity index (χ0) is 64.0. The SMILES string of the molecule is CC[NH+](CF)c1c(F)c(C)c(F)c(F)c1F.Fc1c(F)c(F)c2[c]([Al-]([c]3c(F)c(F)c(F)c4c(F)c(F)c(F)c(F)c34)([c]3c(F)c(F)c(F)c4c(F)c(F)c(F)c(F)c34)[c]3c(F)c(F)c(F)c4c(F)c(F)c(F)c(F)c34)c(F)c(F)c(F)c2c1F. The number of hydrogen-bond donors (Lipinski definition) is 1. The summed E-state index contributed by atoms with van der Waals surface area (Å²) in [4.78, 5) is -0.225. The fourth-order valence-electron chi connectivity index (χ4n) is 9.99. The van der Waals surface area contributed by atoms with Crippen molar-refractivity contribution < 1.29 is 150 Å². The van der Waals surface area contributed by atoms with Gasteiger partial charge in [-0.05, 0) is 35.4 Å². The van der Waals surface area contributed by atoms with Gasteiger partial charge in [0, 0.05) is 5.56 Å². The highest BCUT2D eigenvalue weighted by Crippen LogP contribution is 2.42. The topological polar surface area (TPSA) is 4.44 Å². The van der Waals surface area contributed by atoms with Gasteiger partial charge in [-0.3, -0.25) is 4.90 Å². The van der Waals surface area contributed by atoms with Gasteiger partial charge in [0.05, 0.1) is 28.1 Å². The van der Waals surface area contributed by atoms with Gasteiger partial charge in [-0.25, -0.2) is 132 Å². The Balaban J connectivity index is 0.000000509. The molecule has 0 heterocycles. The van der Waals surface area contributed by atoms with E-state index in [0.29, 0.717) is 0 Å². The molecule has 9 rings (SSSR count). The molecule has 1 N–H and O–H groups in total. The van der Waals surface area contributed by atoms with Gasteiger partial charge < -0.3 is 0 Å². The Labute approximate surface area is 447 Å². The lowest BCUT2D eigenvalue weighted by Gasteiger charge is -2.44. The Hall–Kier alpha value is -7.80. The standard InChI is InChI=1S/4C10F7.C10H10F5N.Al/c4*11-3-1-2-4(7(14)6(3)13)8(15)10(17)9(16)5(2)12;1-3-16(4-11)10-7(13)5(2)6(12)8(14)9(10)15;/h;;;;3-4H2,1-2H3;/q;;;;;-1/p+1. The summed E-state index contributed by atoms with van der Waals surface area (Å²) in [6.45, 7) is 1.37. The van der Waals surface area contributed by atoms with Gasteiger partial charge in [0.2, 0.25) is 24.1 Å². The van der Waals surface area contributed by atoms with Crippen LogP contribution in [0.5, 0.6) is 0 Å². The van der Waals surface area contributed by atoms with Crippen LogP contribution < -0.4 is 22.6 Å². The Morgan fingerprint density at radius 1 is 0.224 bits per heavy atom. The Bertz CT molecular complexity index is 3950. The van der Waals surface area contributed by atoms with E-state index < -0.39 is 278 Å². The van der Waals surface area contributed by atoms with Crippen LogP contribution in [0.25, 0.3) is 43.1 Å². The third-order valence-electron chi connectivity index (χ3n) is 13.7. The summed E-state index contributed by atoms with van der Waals surface area (Å²) in [7, 11) is 0. The highest BCUT2D eigenvalue weighted by atomic mass is 27.2. The van der Waals surface area contributed by atoms with Crippen molar-refractivity contribution in [3.8, 4) is 0 Å². The maximum absolute atomic E-state index is 17.3. The predicted molar refractivity (Wildman–Crippen MR) is 227 cm³/mol. The maximum Gasteiger partial charge on any atom is 0.286 e. The molecule has 0 bridgehead atoms. The number of fused-ring (bicyclic) bond motifs is 4. The van der Waals surface area contributed by atoms with E-state index in [2.05, 4.69) is 0 Å². The Morgan fingerprint density at radius 2 is 0.400 bits per heavy atom. The zero-order valence-electron chi connectivity index (χ0n) is 40.0. The van der Waals surface area contributed by atoms with Crippen LogP contribution in [-0.4, -0.2) is 26.4 Å². The summed E-state index contributed by atoms with van der Waals surface area (Å²) < 4.78 is 497. The maximum atomic E-state index is 17.3. The molecule has 85 heavy (non-hydrogen) atoms. The molecule has 0 fully saturated rings. The molecule has 1 unspecified atom stereocenters. The number of rotatable bonds is 7. The van der Waals surface area contributed by atoms with E-state index >= 15 is 105 Å². The molecule has 9 aromatic rings. The molecule has 1 nitrogen and oxygen atoms in total. The Kier molecular flexibility index (Phi) is 16.1.